The van der Waals surface area contributed by atoms with Gasteiger partial charge in [-0.3, -0.25) is 4.79 Å². The van der Waals surface area contributed by atoms with Crippen molar-refractivity contribution < 1.29 is 4.79 Å². The van der Waals surface area contributed by atoms with E-state index in [0.717, 1.165) is 39.4 Å². The zero-order valence-corrected chi connectivity index (χ0v) is 16.0. The van der Waals surface area contributed by atoms with Crippen molar-refractivity contribution in [3.63, 3.8) is 0 Å². The highest BCUT2D eigenvalue weighted by Gasteiger charge is 2.15. The maximum Gasteiger partial charge on any atom is 0.224 e. The van der Waals surface area contributed by atoms with E-state index in [9.17, 15) is 4.79 Å². The summed E-state index contributed by atoms with van der Waals surface area (Å²) in [5.41, 5.74) is 6.52. The first-order valence-corrected chi connectivity index (χ1v) is 9.34. The second-order valence-electron chi connectivity index (χ2n) is 6.87. The lowest BCUT2D eigenvalue weighted by Crippen LogP contribution is -2.25. The van der Waals surface area contributed by atoms with E-state index in [1.54, 1.807) is 0 Å². The summed E-state index contributed by atoms with van der Waals surface area (Å²) in [5.74, 6) is -0.0216. The molecule has 0 unspecified atom stereocenters. The number of fused-ring (bicyclic) bond motifs is 1. The summed E-state index contributed by atoms with van der Waals surface area (Å²) in [6.07, 6.45) is 0.286. The smallest absolute Gasteiger partial charge is 0.224 e. The van der Waals surface area contributed by atoms with Gasteiger partial charge in [-0.15, -0.1) is 0 Å². The molecule has 1 N–H and O–H groups in total. The standard InChI is InChI=1S/C23H22N4O/c1-16-20(13-23(28)24-15-18-9-5-3-6-10-18)17(2)27-22(25-16)14-21(26-27)19-11-7-4-8-12-19/h3-12,14H,13,15H2,1-2H3,(H,24,28). The van der Waals surface area contributed by atoms with Gasteiger partial charge in [-0.25, -0.2) is 9.50 Å². The Hall–Kier alpha value is -3.47. The zero-order valence-electron chi connectivity index (χ0n) is 16.0. The minimum atomic E-state index is -0.0216. The lowest BCUT2D eigenvalue weighted by atomic mass is 10.1. The highest BCUT2D eigenvalue weighted by Crippen LogP contribution is 2.22. The molecule has 0 saturated heterocycles. The molecule has 0 fully saturated rings. The van der Waals surface area contributed by atoms with Gasteiger partial charge in [0.2, 0.25) is 5.91 Å². The second-order valence-corrected chi connectivity index (χ2v) is 6.87. The fourth-order valence-corrected chi connectivity index (χ4v) is 3.35. The molecule has 5 nitrogen and oxygen atoms in total. The molecule has 0 aliphatic carbocycles. The Morgan fingerprint density at radius 1 is 1.00 bits per heavy atom. The summed E-state index contributed by atoms with van der Waals surface area (Å²) in [6, 6.07) is 21.9. The first-order valence-electron chi connectivity index (χ1n) is 9.34. The molecular weight excluding hydrogens is 348 g/mol. The summed E-state index contributed by atoms with van der Waals surface area (Å²) in [7, 11) is 0. The third-order valence-electron chi connectivity index (χ3n) is 4.90. The second kappa shape index (κ2) is 7.64. The molecule has 28 heavy (non-hydrogen) atoms. The van der Waals surface area contributed by atoms with Crippen molar-refractivity contribution in [3.8, 4) is 11.3 Å². The van der Waals surface area contributed by atoms with Crippen LogP contribution in [0, 0.1) is 13.8 Å². The van der Waals surface area contributed by atoms with Crippen LogP contribution in [0.4, 0.5) is 0 Å². The number of hydrogen-bond donors (Lipinski definition) is 1. The number of amides is 1. The molecule has 2 aromatic heterocycles. The molecule has 0 spiro atoms. The van der Waals surface area contributed by atoms with Crippen LogP contribution in [0.2, 0.25) is 0 Å². The van der Waals surface area contributed by atoms with Crippen LogP contribution in [0.1, 0.15) is 22.5 Å². The van der Waals surface area contributed by atoms with Crippen LogP contribution < -0.4 is 5.32 Å². The molecular formula is C23H22N4O. The molecule has 1 amide bonds. The van der Waals surface area contributed by atoms with E-state index in [-0.39, 0.29) is 12.3 Å². The monoisotopic (exact) mass is 370 g/mol. The minimum absolute atomic E-state index is 0.0216. The zero-order chi connectivity index (χ0) is 19.5. The Labute approximate surface area is 164 Å². The Kier molecular flexibility index (Phi) is 4.89. The van der Waals surface area contributed by atoms with Crippen molar-refractivity contribution in [3.05, 3.63) is 89.2 Å². The normalized spacial score (nSPS) is 10.9. The summed E-state index contributed by atoms with van der Waals surface area (Å²) in [5, 5.41) is 7.69. The predicted molar refractivity (Wildman–Crippen MR) is 110 cm³/mol. The lowest BCUT2D eigenvalue weighted by molar-refractivity contribution is -0.120. The van der Waals surface area contributed by atoms with E-state index in [1.165, 1.54) is 0 Å². The third kappa shape index (κ3) is 3.64. The van der Waals surface area contributed by atoms with E-state index in [1.807, 2.05) is 85.1 Å². The first kappa shape index (κ1) is 17.9. The summed E-state index contributed by atoms with van der Waals surface area (Å²) >= 11 is 0. The summed E-state index contributed by atoms with van der Waals surface area (Å²) < 4.78 is 1.83. The molecule has 140 valence electrons. The van der Waals surface area contributed by atoms with E-state index >= 15 is 0 Å². The number of nitrogens with one attached hydrogen (secondary N) is 1. The number of aromatic nitrogens is 3. The lowest BCUT2D eigenvalue weighted by Gasteiger charge is -2.11. The summed E-state index contributed by atoms with van der Waals surface area (Å²) in [4.78, 5) is 17.2. The first-order chi connectivity index (χ1) is 13.6. The number of nitrogens with zero attached hydrogens (tertiary/aromatic N) is 3. The molecule has 0 bridgehead atoms. The molecule has 2 aromatic carbocycles. The van der Waals surface area contributed by atoms with E-state index in [2.05, 4.69) is 10.3 Å². The Morgan fingerprint density at radius 2 is 1.68 bits per heavy atom. The minimum Gasteiger partial charge on any atom is -0.352 e. The molecule has 0 saturated carbocycles. The average molecular weight is 370 g/mol. The van der Waals surface area contributed by atoms with Crippen LogP contribution >= 0.6 is 0 Å². The molecule has 5 heteroatoms. The Bertz CT molecular complexity index is 1120. The summed E-state index contributed by atoms with van der Waals surface area (Å²) in [6.45, 7) is 4.46. The number of carbonyl (C=O) groups excluding carboxylic acids is 1. The number of benzene rings is 2. The van der Waals surface area contributed by atoms with Gasteiger partial charge in [0, 0.05) is 35.1 Å². The fraction of sp³-hybridized carbons (Fsp3) is 0.174. The predicted octanol–water partition coefficient (Wildman–Crippen LogP) is 3.87. The van der Waals surface area contributed by atoms with Crippen molar-refractivity contribution >= 4 is 11.6 Å². The van der Waals surface area contributed by atoms with Crippen LogP contribution in [-0.4, -0.2) is 20.5 Å². The van der Waals surface area contributed by atoms with Gasteiger partial charge >= 0.3 is 0 Å². The van der Waals surface area contributed by atoms with E-state index in [4.69, 9.17) is 5.10 Å². The van der Waals surface area contributed by atoms with E-state index < -0.39 is 0 Å². The highest BCUT2D eigenvalue weighted by atomic mass is 16.1. The fourth-order valence-electron chi connectivity index (χ4n) is 3.35. The number of rotatable bonds is 5. The molecule has 2 heterocycles. The quantitative estimate of drug-likeness (QED) is 0.580. The van der Waals surface area contributed by atoms with Gasteiger partial charge in [0.15, 0.2) is 5.65 Å². The van der Waals surface area contributed by atoms with Crippen molar-refractivity contribution in [2.45, 2.75) is 26.8 Å². The molecule has 0 atom stereocenters. The maximum absolute atomic E-state index is 12.5. The van der Waals surface area contributed by atoms with Crippen molar-refractivity contribution in [2.24, 2.45) is 0 Å². The number of hydrogen-bond acceptors (Lipinski definition) is 3. The van der Waals surface area contributed by atoms with Crippen molar-refractivity contribution in [2.75, 3.05) is 0 Å². The average Bonchev–Trinajstić information content (AvgIpc) is 3.15. The van der Waals surface area contributed by atoms with Gasteiger partial charge in [-0.1, -0.05) is 60.7 Å². The van der Waals surface area contributed by atoms with Crippen LogP contribution in [0.25, 0.3) is 16.9 Å². The van der Waals surface area contributed by atoms with Gasteiger partial charge in [0.25, 0.3) is 0 Å². The van der Waals surface area contributed by atoms with Gasteiger partial charge < -0.3 is 5.32 Å². The Balaban J connectivity index is 1.58. The molecule has 0 radical (unpaired) electrons. The number of aryl methyl sites for hydroxylation is 2. The molecule has 4 aromatic rings. The van der Waals surface area contributed by atoms with Crippen molar-refractivity contribution in [1.82, 2.24) is 19.9 Å². The van der Waals surface area contributed by atoms with Crippen LogP contribution in [0.15, 0.2) is 66.7 Å². The van der Waals surface area contributed by atoms with Crippen LogP contribution in [0.3, 0.4) is 0 Å². The highest BCUT2D eigenvalue weighted by molar-refractivity contribution is 5.79. The molecule has 0 aliphatic heterocycles. The van der Waals surface area contributed by atoms with Crippen LogP contribution in [-0.2, 0) is 17.8 Å². The van der Waals surface area contributed by atoms with Crippen molar-refractivity contribution in [1.29, 1.82) is 0 Å². The molecule has 4 rings (SSSR count). The SMILES string of the molecule is Cc1nc2cc(-c3ccccc3)nn2c(C)c1CC(=O)NCc1ccccc1. The van der Waals surface area contributed by atoms with E-state index in [0.29, 0.717) is 6.54 Å². The topological polar surface area (TPSA) is 59.3 Å². The third-order valence-corrected chi connectivity index (χ3v) is 4.90. The Morgan fingerprint density at radius 3 is 2.39 bits per heavy atom. The largest absolute Gasteiger partial charge is 0.352 e. The van der Waals surface area contributed by atoms with Gasteiger partial charge in [-0.05, 0) is 19.4 Å². The van der Waals surface area contributed by atoms with Crippen LogP contribution in [0.5, 0.6) is 0 Å². The number of carbonyl (C=O) groups is 1. The molecule has 0 aliphatic rings. The van der Waals surface area contributed by atoms with Gasteiger partial charge in [-0.2, -0.15) is 5.10 Å². The van der Waals surface area contributed by atoms with Gasteiger partial charge in [0.05, 0.1) is 12.1 Å². The maximum atomic E-state index is 12.5. The van der Waals surface area contributed by atoms with Gasteiger partial charge in [0.1, 0.15) is 0 Å².